The Hall–Kier alpha value is -1.59. The van der Waals surface area contributed by atoms with Gasteiger partial charge in [0.2, 0.25) is 0 Å². The van der Waals surface area contributed by atoms with Gasteiger partial charge in [0.25, 0.3) is 0 Å². The van der Waals surface area contributed by atoms with Gasteiger partial charge in [-0.3, -0.25) is 0 Å². The molecule has 4 nitrogen and oxygen atoms in total. The first-order chi connectivity index (χ1) is 8.72. The smallest absolute Gasteiger partial charge is 0.161 e. The van der Waals surface area contributed by atoms with Crippen LogP contribution in [0.1, 0.15) is 16.3 Å². The van der Waals surface area contributed by atoms with Gasteiger partial charge in [0.1, 0.15) is 6.61 Å². The van der Waals surface area contributed by atoms with Crippen molar-refractivity contribution in [3.05, 3.63) is 39.8 Å². The summed E-state index contributed by atoms with van der Waals surface area (Å²) in [5, 5.41) is 3.04. The lowest BCUT2D eigenvalue weighted by atomic mass is 10.2. The topological polar surface area (TPSA) is 57.4 Å². The fourth-order valence-electron chi connectivity index (χ4n) is 1.58. The minimum atomic E-state index is 0.447. The molecule has 1 heterocycles. The zero-order valence-corrected chi connectivity index (χ0v) is 11.3. The van der Waals surface area contributed by atoms with Crippen molar-refractivity contribution in [1.29, 1.82) is 0 Å². The van der Waals surface area contributed by atoms with Gasteiger partial charge in [-0.2, -0.15) is 0 Å². The van der Waals surface area contributed by atoms with Crippen molar-refractivity contribution in [2.45, 2.75) is 20.1 Å². The quantitative estimate of drug-likeness (QED) is 0.901. The predicted octanol–water partition coefficient (Wildman–Crippen LogP) is 2.50. The standard InChI is InChI=1S/C13H16N2O2S/c1-9-15-11(8-18-9)7-17-12-4-3-10(6-14)5-13(12)16-2/h3-5,8H,6-7,14H2,1-2H3. The molecule has 0 amide bonds. The van der Waals surface area contributed by atoms with E-state index in [0.717, 1.165) is 16.3 Å². The Labute approximate surface area is 110 Å². The third-order valence-electron chi connectivity index (χ3n) is 2.51. The van der Waals surface area contributed by atoms with Gasteiger partial charge in [-0.15, -0.1) is 11.3 Å². The van der Waals surface area contributed by atoms with Gasteiger partial charge in [-0.05, 0) is 24.6 Å². The Morgan fingerprint density at radius 1 is 1.33 bits per heavy atom. The minimum Gasteiger partial charge on any atom is -0.493 e. The summed E-state index contributed by atoms with van der Waals surface area (Å²) in [4.78, 5) is 4.35. The number of hydrogen-bond donors (Lipinski definition) is 1. The van der Waals surface area contributed by atoms with Crippen molar-refractivity contribution in [1.82, 2.24) is 4.98 Å². The number of ether oxygens (including phenoxy) is 2. The van der Waals surface area contributed by atoms with Crippen LogP contribution in [0.2, 0.25) is 0 Å². The Balaban J connectivity index is 2.08. The number of aryl methyl sites for hydroxylation is 1. The molecule has 2 rings (SSSR count). The molecule has 0 atom stereocenters. The van der Waals surface area contributed by atoms with Crippen LogP contribution in [0.25, 0.3) is 0 Å². The van der Waals surface area contributed by atoms with Crippen LogP contribution in [0.15, 0.2) is 23.6 Å². The zero-order valence-electron chi connectivity index (χ0n) is 10.5. The SMILES string of the molecule is COc1cc(CN)ccc1OCc1csc(C)n1. The largest absolute Gasteiger partial charge is 0.493 e. The van der Waals surface area contributed by atoms with Crippen molar-refractivity contribution in [3.8, 4) is 11.5 Å². The summed E-state index contributed by atoms with van der Waals surface area (Å²) >= 11 is 1.62. The van der Waals surface area contributed by atoms with Crippen molar-refractivity contribution in [2.24, 2.45) is 5.73 Å². The van der Waals surface area contributed by atoms with Gasteiger partial charge in [0, 0.05) is 11.9 Å². The van der Waals surface area contributed by atoms with Crippen LogP contribution in [-0.2, 0) is 13.2 Å². The van der Waals surface area contributed by atoms with Gasteiger partial charge >= 0.3 is 0 Å². The Bertz CT molecular complexity index is 525. The van der Waals surface area contributed by atoms with Crippen LogP contribution >= 0.6 is 11.3 Å². The van der Waals surface area contributed by atoms with E-state index in [0.29, 0.717) is 24.7 Å². The van der Waals surface area contributed by atoms with Crippen molar-refractivity contribution >= 4 is 11.3 Å². The Morgan fingerprint density at radius 2 is 2.17 bits per heavy atom. The number of methoxy groups -OCH3 is 1. The maximum absolute atomic E-state index is 5.71. The van der Waals surface area contributed by atoms with E-state index < -0.39 is 0 Å². The molecule has 0 spiro atoms. The predicted molar refractivity (Wildman–Crippen MR) is 72.1 cm³/mol. The second-order valence-electron chi connectivity index (χ2n) is 3.84. The molecule has 0 aliphatic heterocycles. The van der Waals surface area contributed by atoms with E-state index in [9.17, 15) is 0 Å². The van der Waals surface area contributed by atoms with E-state index in [2.05, 4.69) is 4.98 Å². The highest BCUT2D eigenvalue weighted by Gasteiger charge is 2.06. The van der Waals surface area contributed by atoms with Crippen molar-refractivity contribution in [3.63, 3.8) is 0 Å². The Kier molecular flexibility index (Phi) is 4.17. The highest BCUT2D eigenvalue weighted by molar-refractivity contribution is 7.09. The highest BCUT2D eigenvalue weighted by atomic mass is 32.1. The molecule has 1 aromatic carbocycles. The molecule has 2 aromatic rings. The second-order valence-corrected chi connectivity index (χ2v) is 4.90. The minimum absolute atomic E-state index is 0.447. The van der Waals surface area contributed by atoms with Gasteiger partial charge in [-0.25, -0.2) is 4.98 Å². The summed E-state index contributed by atoms with van der Waals surface area (Å²) in [6.45, 7) is 2.91. The summed E-state index contributed by atoms with van der Waals surface area (Å²) in [7, 11) is 1.62. The normalized spacial score (nSPS) is 10.4. The molecule has 0 aliphatic carbocycles. The average molecular weight is 264 g/mol. The van der Waals surface area contributed by atoms with E-state index in [-0.39, 0.29) is 0 Å². The molecular formula is C13H16N2O2S. The molecule has 0 bridgehead atoms. The average Bonchev–Trinajstić information content (AvgIpc) is 2.82. The van der Waals surface area contributed by atoms with E-state index in [1.54, 1.807) is 18.4 Å². The molecule has 1 aromatic heterocycles. The van der Waals surface area contributed by atoms with E-state index in [1.807, 2.05) is 30.5 Å². The van der Waals surface area contributed by atoms with Gasteiger partial charge in [0.15, 0.2) is 11.5 Å². The molecule has 0 aliphatic rings. The van der Waals surface area contributed by atoms with Gasteiger partial charge < -0.3 is 15.2 Å². The van der Waals surface area contributed by atoms with Crippen LogP contribution < -0.4 is 15.2 Å². The number of aromatic nitrogens is 1. The molecule has 5 heteroatoms. The summed E-state index contributed by atoms with van der Waals surface area (Å²) in [6.07, 6.45) is 0. The summed E-state index contributed by atoms with van der Waals surface area (Å²) in [5.74, 6) is 1.41. The second kappa shape index (κ2) is 5.84. The maximum Gasteiger partial charge on any atom is 0.161 e. The molecular weight excluding hydrogens is 248 g/mol. The monoisotopic (exact) mass is 264 g/mol. The first-order valence-corrected chi connectivity index (χ1v) is 6.51. The van der Waals surface area contributed by atoms with E-state index in [1.165, 1.54) is 0 Å². The first kappa shape index (κ1) is 12.9. The summed E-state index contributed by atoms with van der Waals surface area (Å²) < 4.78 is 11.0. The molecule has 0 unspecified atom stereocenters. The number of hydrogen-bond acceptors (Lipinski definition) is 5. The molecule has 0 saturated heterocycles. The summed E-state index contributed by atoms with van der Waals surface area (Å²) in [6, 6.07) is 5.70. The van der Waals surface area contributed by atoms with Crippen LogP contribution in [0, 0.1) is 6.92 Å². The van der Waals surface area contributed by atoms with Crippen LogP contribution in [0.5, 0.6) is 11.5 Å². The lowest BCUT2D eigenvalue weighted by Gasteiger charge is -2.10. The molecule has 18 heavy (non-hydrogen) atoms. The van der Waals surface area contributed by atoms with Crippen molar-refractivity contribution in [2.75, 3.05) is 7.11 Å². The third kappa shape index (κ3) is 3.00. The zero-order chi connectivity index (χ0) is 13.0. The maximum atomic E-state index is 5.71. The fraction of sp³-hybridized carbons (Fsp3) is 0.308. The van der Waals surface area contributed by atoms with Crippen LogP contribution in [0.3, 0.4) is 0 Å². The van der Waals surface area contributed by atoms with E-state index in [4.69, 9.17) is 15.2 Å². The number of rotatable bonds is 5. The van der Waals surface area contributed by atoms with Crippen molar-refractivity contribution < 1.29 is 9.47 Å². The molecule has 96 valence electrons. The number of nitrogens with two attached hydrogens (primary N) is 1. The molecule has 0 fully saturated rings. The van der Waals surface area contributed by atoms with Crippen LogP contribution in [-0.4, -0.2) is 12.1 Å². The lowest BCUT2D eigenvalue weighted by Crippen LogP contribution is -2.00. The number of nitrogens with zero attached hydrogens (tertiary/aromatic N) is 1. The third-order valence-corrected chi connectivity index (χ3v) is 3.33. The highest BCUT2D eigenvalue weighted by Crippen LogP contribution is 2.28. The van der Waals surface area contributed by atoms with Gasteiger partial charge in [-0.1, -0.05) is 6.07 Å². The Morgan fingerprint density at radius 3 is 2.78 bits per heavy atom. The molecule has 0 saturated carbocycles. The molecule has 0 radical (unpaired) electrons. The van der Waals surface area contributed by atoms with Gasteiger partial charge in [0.05, 0.1) is 17.8 Å². The lowest BCUT2D eigenvalue weighted by molar-refractivity contribution is 0.281. The molecule has 2 N–H and O–H groups in total. The first-order valence-electron chi connectivity index (χ1n) is 5.63. The fourth-order valence-corrected chi connectivity index (χ4v) is 2.18. The number of benzene rings is 1. The number of thiazole rings is 1. The summed E-state index contributed by atoms with van der Waals surface area (Å²) in [5.41, 5.74) is 7.54. The van der Waals surface area contributed by atoms with Crippen LogP contribution in [0.4, 0.5) is 0 Å². The van der Waals surface area contributed by atoms with E-state index >= 15 is 0 Å².